The lowest BCUT2D eigenvalue weighted by molar-refractivity contribution is -0.306. The van der Waals surface area contributed by atoms with Gasteiger partial charge in [0.2, 0.25) is 5.79 Å². The molecule has 0 amide bonds. The number of Topliss-reactive ketones (excluding diaryl/α,β-unsaturated/α-hetero) is 1. The summed E-state index contributed by atoms with van der Waals surface area (Å²) >= 11 is 0. The number of hydrogen-bond acceptors (Lipinski definition) is 4. The van der Waals surface area contributed by atoms with Crippen molar-refractivity contribution in [3.63, 3.8) is 0 Å². The zero-order valence-corrected chi connectivity index (χ0v) is 6.00. The van der Waals surface area contributed by atoms with Gasteiger partial charge in [0.05, 0.1) is 0 Å². The molecule has 2 bridgehead atoms. The van der Waals surface area contributed by atoms with Crippen molar-refractivity contribution in [1.82, 2.24) is 0 Å². The van der Waals surface area contributed by atoms with Gasteiger partial charge < -0.3 is 14.9 Å². The van der Waals surface area contributed by atoms with Crippen LogP contribution in [0.3, 0.4) is 0 Å². The Kier molecular flexibility index (Phi) is 1.02. The molecule has 0 aromatic rings. The van der Waals surface area contributed by atoms with Gasteiger partial charge in [0.15, 0.2) is 11.5 Å². The molecule has 0 aromatic carbocycles. The summed E-state index contributed by atoms with van der Waals surface area (Å²) in [7, 11) is 0. The normalized spacial score (nSPS) is 42.4. The van der Waals surface area contributed by atoms with E-state index >= 15 is 0 Å². The zero-order valence-electron chi connectivity index (χ0n) is 6.00. The number of aliphatic hydroxyl groups is 2. The van der Waals surface area contributed by atoms with Gasteiger partial charge in [-0.3, -0.25) is 4.79 Å². The topological polar surface area (TPSA) is 66.8 Å². The van der Waals surface area contributed by atoms with Crippen LogP contribution >= 0.6 is 0 Å². The number of carbonyl (C=O) groups is 1. The molecule has 0 radical (unpaired) electrons. The van der Waals surface area contributed by atoms with Crippen LogP contribution in [0.2, 0.25) is 0 Å². The zero-order chi connectivity index (χ0) is 8.22. The Morgan fingerprint density at radius 1 is 1.73 bits per heavy atom. The number of aliphatic hydroxyl groups excluding tert-OH is 1. The largest absolute Gasteiger partial charge is 0.506 e. The molecule has 11 heavy (non-hydrogen) atoms. The third-order valence-corrected chi connectivity index (χ3v) is 2.19. The van der Waals surface area contributed by atoms with E-state index in [1.54, 1.807) is 0 Å². The summed E-state index contributed by atoms with van der Waals surface area (Å²) in [6.07, 6.45) is -0.342. The van der Waals surface area contributed by atoms with Crippen LogP contribution in [0, 0.1) is 0 Å². The number of fused-ring (bicyclic) bond motifs is 1. The van der Waals surface area contributed by atoms with Crippen LogP contribution in [0.4, 0.5) is 0 Å². The summed E-state index contributed by atoms with van der Waals surface area (Å²) in [5.74, 6) is -2.11. The molecule has 0 saturated carbocycles. The highest BCUT2D eigenvalue weighted by molar-refractivity contribution is 6.01. The summed E-state index contributed by atoms with van der Waals surface area (Å²) in [5.41, 5.74) is 0.218. The van der Waals surface area contributed by atoms with Crippen molar-refractivity contribution < 1.29 is 19.7 Å². The standard InChI is InChI=1S/C7H8O4/c1-3-5(8)4-2-7(10,11-4)6(3)9/h4,9-10H,2H2,1H3/t4-,7-/m0/s1. The third-order valence-electron chi connectivity index (χ3n) is 2.19. The van der Waals surface area contributed by atoms with Gasteiger partial charge in [0, 0.05) is 12.0 Å². The summed E-state index contributed by atoms with van der Waals surface area (Å²) < 4.78 is 4.76. The van der Waals surface area contributed by atoms with Gasteiger partial charge in [0.1, 0.15) is 6.10 Å². The smallest absolute Gasteiger partial charge is 0.229 e. The lowest BCUT2D eigenvalue weighted by Gasteiger charge is -2.46. The van der Waals surface area contributed by atoms with Crippen molar-refractivity contribution in [3.05, 3.63) is 11.3 Å². The first-order valence-electron chi connectivity index (χ1n) is 3.39. The molecular formula is C7H8O4. The van der Waals surface area contributed by atoms with Crippen molar-refractivity contribution in [1.29, 1.82) is 0 Å². The summed E-state index contributed by atoms with van der Waals surface area (Å²) in [5, 5.41) is 18.5. The van der Waals surface area contributed by atoms with Gasteiger partial charge >= 0.3 is 0 Å². The summed E-state index contributed by atoms with van der Waals surface area (Å²) in [4.78, 5) is 11.1. The molecule has 4 nitrogen and oxygen atoms in total. The molecule has 2 N–H and O–H groups in total. The SMILES string of the molecule is CC1=C(O)[C@]2(O)C[C@H](O2)C1=O. The van der Waals surface area contributed by atoms with E-state index in [0.29, 0.717) is 0 Å². The van der Waals surface area contributed by atoms with Crippen LogP contribution in [-0.4, -0.2) is 27.9 Å². The number of carbonyl (C=O) groups excluding carboxylic acids is 1. The predicted octanol–water partition coefficient (Wildman–Crippen LogP) is -0.121. The molecule has 2 atom stereocenters. The van der Waals surface area contributed by atoms with Gasteiger partial charge in [0.25, 0.3) is 0 Å². The molecular weight excluding hydrogens is 148 g/mol. The molecule has 0 aromatic heterocycles. The van der Waals surface area contributed by atoms with Crippen LogP contribution in [0.1, 0.15) is 13.3 Å². The fourth-order valence-electron chi connectivity index (χ4n) is 1.43. The van der Waals surface area contributed by atoms with Gasteiger partial charge in [-0.2, -0.15) is 0 Å². The lowest BCUT2D eigenvalue weighted by Crippen LogP contribution is -2.59. The Labute approximate surface area is 63.1 Å². The fourth-order valence-corrected chi connectivity index (χ4v) is 1.43. The first-order chi connectivity index (χ1) is 5.04. The maximum absolute atomic E-state index is 11.1. The molecule has 1 aliphatic carbocycles. The monoisotopic (exact) mass is 156 g/mol. The molecule has 0 spiro atoms. The Morgan fingerprint density at radius 3 is 2.73 bits per heavy atom. The van der Waals surface area contributed by atoms with Crippen LogP contribution in [0.25, 0.3) is 0 Å². The summed E-state index contributed by atoms with van der Waals surface area (Å²) in [6, 6.07) is 0. The van der Waals surface area contributed by atoms with Crippen molar-refractivity contribution in [2.75, 3.05) is 0 Å². The molecule has 2 aliphatic heterocycles. The number of rotatable bonds is 0. The van der Waals surface area contributed by atoms with Gasteiger partial charge in [-0.25, -0.2) is 0 Å². The number of ether oxygens (including phenoxy) is 1. The molecule has 3 aliphatic rings. The fraction of sp³-hybridized carbons (Fsp3) is 0.571. The van der Waals surface area contributed by atoms with E-state index < -0.39 is 11.9 Å². The number of ketones is 1. The second-order valence-electron chi connectivity index (χ2n) is 2.93. The molecule has 3 rings (SSSR count). The van der Waals surface area contributed by atoms with Crippen molar-refractivity contribution >= 4 is 5.78 Å². The molecule has 1 fully saturated rings. The highest BCUT2D eigenvalue weighted by atomic mass is 16.7. The highest BCUT2D eigenvalue weighted by Gasteiger charge is 2.56. The molecule has 60 valence electrons. The molecule has 4 heteroatoms. The van der Waals surface area contributed by atoms with E-state index in [1.807, 2.05) is 0 Å². The van der Waals surface area contributed by atoms with Gasteiger partial charge in [-0.1, -0.05) is 0 Å². The maximum atomic E-state index is 11.1. The second kappa shape index (κ2) is 1.65. The van der Waals surface area contributed by atoms with E-state index in [2.05, 4.69) is 0 Å². The lowest BCUT2D eigenvalue weighted by atomic mass is 9.84. The maximum Gasteiger partial charge on any atom is 0.229 e. The van der Waals surface area contributed by atoms with Crippen molar-refractivity contribution in [2.24, 2.45) is 0 Å². The van der Waals surface area contributed by atoms with Crippen molar-refractivity contribution in [3.8, 4) is 0 Å². The van der Waals surface area contributed by atoms with Crippen LogP contribution in [0.5, 0.6) is 0 Å². The van der Waals surface area contributed by atoms with E-state index in [4.69, 9.17) is 4.74 Å². The quantitative estimate of drug-likeness (QED) is 0.513. The number of hydrogen-bond donors (Lipinski definition) is 2. The summed E-state index contributed by atoms with van der Waals surface area (Å²) in [6.45, 7) is 1.48. The van der Waals surface area contributed by atoms with Gasteiger partial charge in [-0.15, -0.1) is 0 Å². The Balaban J connectivity index is 2.49. The van der Waals surface area contributed by atoms with Crippen molar-refractivity contribution in [2.45, 2.75) is 25.2 Å². The van der Waals surface area contributed by atoms with E-state index in [-0.39, 0.29) is 23.5 Å². The molecule has 1 saturated heterocycles. The van der Waals surface area contributed by atoms with Crippen LogP contribution in [-0.2, 0) is 9.53 Å². The van der Waals surface area contributed by atoms with E-state index in [0.717, 1.165) is 0 Å². The van der Waals surface area contributed by atoms with Crippen LogP contribution in [0.15, 0.2) is 11.3 Å². The van der Waals surface area contributed by atoms with Gasteiger partial charge in [-0.05, 0) is 6.92 Å². The van der Waals surface area contributed by atoms with Crippen LogP contribution < -0.4 is 0 Å². The molecule has 2 heterocycles. The minimum atomic E-state index is -1.55. The Morgan fingerprint density at radius 2 is 2.27 bits per heavy atom. The average Bonchev–Trinajstić information content (AvgIpc) is 1.91. The Hall–Kier alpha value is -0.870. The predicted molar refractivity (Wildman–Crippen MR) is 34.8 cm³/mol. The average molecular weight is 156 g/mol. The first-order valence-corrected chi connectivity index (χ1v) is 3.39. The Bertz CT molecular complexity index is 260. The third kappa shape index (κ3) is 0.631. The van der Waals surface area contributed by atoms with E-state index in [1.165, 1.54) is 6.92 Å². The minimum Gasteiger partial charge on any atom is -0.506 e. The highest BCUT2D eigenvalue weighted by Crippen LogP contribution is 2.42. The van der Waals surface area contributed by atoms with E-state index in [9.17, 15) is 15.0 Å². The molecule has 0 unspecified atom stereocenters. The second-order valence-corrected chi connectivity index (χ2v) is 2.93. The minimum absolute atomic E-state index is 0.189. The first kappa shape index (κ1) is 6.82.